The minimum atomic E-state index is -3.17. The van der Waals surface area contributed by atoms with Crippen LogP contribution >= 0.6 is 0 Å². The second-order valence-corrected chi connectivity index (χ2v) is 5.67. The fourth-order valence-corrected chi connectivity index (χ4v) is 3.36. The molecule has 1 aliphatic heterocycles. The Hall–Kier alpha value is -0.650. The molecule has 0 N–H and O–H groups in total. The number of carbonyl (C=O) groups excluding carboxylic acids is 1. The van der Waals surface area contributed by atoms with Crippen LogP contribution in [0.3, 0.4) is 0 Å². The van der Waals surface area contributed by atoms with Gasteiger partial charge < -0.3 is 4.74 Å². The summed E-state index contributed by atoms with van der Waals surface area (Å²) in [5.41, 5.74) is 0. The van der Waals surface area contributed by atoms with E-state index in [9.17, 15) is 17.6 Å². The molecule has 1 fully saturated rings. The number of methoxy groups -OCH3 is 1. The number of hydrogen-bond acceptors (Lipinski definition) is 4. The molecule has 4 nitrogen and oxygen atoms in total. The first-order valence-corrected chi connectivity index (χ1v) is 6.21. The van der Waals surface area contributed by atoms with Gasteiger partial charge in [-0.05, 0) is 12.8 Å². The quantitative estimate of drug-likeness (QED) is 0.634. The molecule has 14 heavy (non-hydrogen) atoms. The van der Waals surface area contributed by atoms with Crippen molar-refractivity contribution < 1.29 is 22.3 Å². The summed E-state index contributed by atoms with van der Waals surface area (Å²) in [5, 5.41) is 0. The van der Waals surface area contributed by atoms with E-state index in [-0.39, 0.29) is 11.5 Å². The van der Waals surface area contributed by atoms with Crippen LogP contribution in [-0.2, 0) is 19.4 Å². The molecule has 2 atom stereocenters. The number of halogens is 1. The zero-order chi connectivity index (χ0) is 10.8. The van der Waals surface area contributed by atoms with Crippen LogP contribution in [-0.4, -0.2) is 39.2 Å². The molecule has 1 aliphatic rings. The van der Waals surface area contributed by atoms with Gasteiger partial charge in [0, 0.05) is 5.92 Å². The third-order valence-electron chi connectivity index (χ3n) is 2.34. The molecule has 0 aromatic heterocycles. The van der Waals surface area contributed by atoms with E-state index in [4.69, 9.17) is 0 Å². The summed E-state index contributed by atoms with van der Waals surface area (Å²) in [7, 11) is -2.08. The minimum Gasteiger partial charge on any atom is -0.467 e. The Balaban J connectivity index is 2.65. The van der Waals surface area contributed by atoms with Crippen LogP contribution in [0.15, 0.2) is 0 Å². The van der Waals surface area contributed by atoms with Gasteiger partial charge in [-0.15, -0.1) is 0 Å². The number of hydrogen-bond donors (Lipinski definition) is 0. The number of sulfone groups is 1. The van der Waals surface area contributed by atoms with Crippen LogP contribution in [0.4, 0.5) is 4.39 Å². The first kappa shape index (κ1) is 11.4. The van der Waals surface area contributed by atoms with Gasteiger partial charge in [0.15, 0.2) is 9.84 Å². The SMILES string of the molecule is COC(=O)C(F)C1CCCS(=O)(=O)C1. The van der Waals surface area contributed by atoms with E-state index in [0.717, 1.165) is 7.11 Å². The normalized spacial score (nSPS) is 28.0. The third kappa shape index (κ3) is 2.67. The van der Waals surface area contributed by atoms with Gasteiger partial charge in [-0.2, -0.15) is 0 Å². The molecule has 0 bridgehead atoms. The van der Waals surface area contributed by atoms with Crippen molar-refractivity contribution in [3.05, 3.63) is 0 Å². The van der Waals surface area contributed by atoms with Crippen LogP contribution < -0.4 is 0 Å². The summed E-state index contributed by atoms with van der Waals surface area (Å²) in [4.78, 5) is 10.8. The average molecular weight is 224 g/mol. The molecule has 0 amide bonds. The van der Waals surface area contributed by atoms with Gasteiger partial charge in [0.25, 0.3) is 0 Å². The second kappa shape index (κ2) is 4.25. The first-order valence-electron chi connectivity index (χ1n) is 4.38. The van der Waals surface area contributed by atoms with E-state index < -0.39 is 27.9 Å². The highest BCUT2D eigenvalue weighted by Crippen LogP contribution is 2.23. The molecule has 0 saturated carbocycles. The van der Waals surface area contributed by atoms with E-state index in [1.165, 1.54) is 0 Å². The van der Waals surface area contributed by atoms with E-state index in [0.29, 0.717) is 12.8 Å². The van der Waals surface area contributed by atoms with Crippen molar-refractivity contribution in [1.29, 1.82) is 0 Å². The Morgan fingerprint density at radius 1 is 1.57 bits per heavy atom. The maximum atomic E-state index is 13.3. The predicted octanol–water partition coefficient (Wildman–Crippen LogP) is 0.322. The summed E-state index contributed by atoms with van der Waals surface area (Å²) in [6.45, 7) is 0. The lowest BCUT2D eigenvalue weighted by Crippen LogP contribution is -2.36. The lowest BCUT2D eigenvalue weighted by molar-refractivity contribution is -0.148. The second-order valence-electron chi connectivity index (χ2n) is 3.44. The van der Waals surface area contributed by atoms with Gasteiger partial charge in [0.2, 0.25) is 6.17 Å². The van der Waals surface area contributed by atoms with Gasteiger partial charge in [-0.1, -0.05) is 0 Å². The van der Waals surface area contributed by atoms with Crippen molar-refractivity contribution in [2.24, 2.45) is 5.92 Å². The van der Waals surface area contributed by atoms with Crippen LogP contribution in [0, 0.1) is 5.92 Å². The number of carbonyl (C=O) groups is 1. The number of rotatable bonds is 2. The smallest absolute Gasteiger partial charge is 0.340 e. The maximum Gasteiger partial charge on any atom is 0.340 e. The van der Waals surface area contributed by atoms with E-state index in [2.05, 4.69) is 4.74 Å². The fourth-order valence-electron chi connectivity index (χ4n) is 1.59. The molecule has 0 spiro atoms. The van der Waals surface area contributed by atoms with Crippen molar-refractivity contribution in [3.8, 4) is 0 Å². The fraction of sp³-hybridized carbons (Fsp3) is 0.875. The van der Waals surface area contributed by atoms with E-state index in [1.54, 1.807) is 0 Å². The summed E-state index contributed by atoms with van der Waals surface area (Å²) < 4.78 is 39.8. The minimum absolute atomic E-state index is 0.0946. The number of ether oxygens (including phenoxy) is 1. The van der Waals surface area contributed by atoms with Gasteiger partial charge in [0.1, 0.15) is 0 Å². The first-order chi connectivity index (χ1) is 6.46. The predicted molar refractivity (Wildman–Crippen MR) is 48.3 cm³/mol. The molecule has 6 heteroatoms. The third-order valence-corrected chi connectivity index (χ3v) is 4.19. The van der Waals surface area contributed by atoms with Crippen molar-refractivity contribution >= 4 is 15.8 Å². The van der Waals surface area contributed by atoms with Crippen LogP contribution in [0.5, 0.6) is 0 Å². The zero-order valence-corrected chi connectivity index (χ0v) is 8.72. The highest BCUT2D eigenvalue weighted by Gasteiger charge is 2.35. The summed E-state index contributed by atoms with van der Waals surface area (Å²) >= 11 is 0. The highest BCUT2D eigenvalue weighted by atomic mass is 32.2. The molecular formula is C8H13FO4S. The number of esters is 1. The molecule has 0 radical (unpaired) electrons. The molecule has 1 rings (SSSR count). The molecule has 82 valence electrons. The molecule has 0 aliphatic carbocycles. The maximum absolute atomic E-state index is 13.3. The lowest BCUT2D eigenvalue weighted by atomic mass is 10.00. The summed E-state index contributed by atoms with van der Waals surface area (Å²) in [6, 6.07) is 0. The van der Waals surface area contributed by atoms with E-state index in [1.807, 2.05) is 0 Å². The summed E-state index contributed by atoms with van der Waals surface area (Å²) in [6.07, 6.45) is -0.963. The highest BCUT2D eigenvalue weighted by molar-refractivity contribution is 7.91. The standard InChI is InChI=1S/C8H13FO4S/c1-13-8(10)7(9)6-3-2-4-14(11,12)5-6/h6-7H,2-5H2,1H3. The molecule has 0 aromatic carbocycles. The van der Waals surface area contributed by atoms with Crippen LogP contribution in [0.2, 0.25) is 0 Å². The Labute approximate surface area is 82.4 Å². The Kier molecular flexibility index (Phi) is 3.47. The van der Waals surface area contributed by atoms with Crippen molar-refractivity contribution in [3.63, 3.8) is 0 Å². The topological polar surface area (TPSA) is 60.4 Å². The Bertz CT molecular complexity index is 311. The monoisotopic (exact) mass is 224 g/mol. The number of alkyl halides is 1. The summed E-state index contributed by atoms with van der Waals surface area (Å²) in [5.74, 6) is -1.87. The Morgan fingerprint density at radius 2 is 2.21 bits per heavy atom. The zero-order valence-electron chi connectivity index (χ0n) is 7.90. The molecule has 1 heterocycles. The average Bonchev–Trinajstić information content (AvgIpc) is 2.14. The van der Waals surface area contributed by atoms with Gasteiger partial charge >= 0.3 is 5.97 Å². The van der Waals surface area contributed by atoms with Crippen molar-refractivity contribution in [1.82, 2.24) is 0 Å². The van der Waals surface area contributed by atoms with Crippen LogP contribution in [0.25, 0.3) is 0 Å². The molecular weight excluding hydrogens is 211 g/mol. The van der Waals surface area contributed by atoms with Crippen LogP contribution in [0.1, 0.15) is 12.8 Å². The largest absolute Gasteiger partial charge is 0.467 e. The lowest BCUT2D eigenvalue weighted by Gasteiger charge is -2.23. The molecule has 1 saturated heterocycles. The Morgan fingerprint density at radius 3 is 2.71 bits per heavy atom. The van der Waals surface area contributed by atoms with Crippen molar-refractivity contribution in [2.45, 2.75) is 19.0 Å². The molecule has 2 unspecified atom stereocenters. The molecule has 0 aromatic rings. The van der Waals surface area contributed by atoms with Gasteiger partial charge in [-0.3, -0.25) is 0 Å². The van der Waals surface area contributed by atoms with Crippen molar-refractivity contribution in [2.75, 3.05) is 18.6 Å². The van der Waals surface area contributed by atoms with Gasteiger partial charge in [0.05, 0.1) is 18.6 Å². The van der Waals surface area contributed by atoms with Gasteiger partial charge in [-0.25, -0.2) is 17.6 Å². The van der Waals surface area contributed by atoms with E-state index >= 15 is 0 Å².